The van der Waals surface area contributed by atoms with Gasteiger partial charge in [-0.15, -0.1) is 0 Å². The Labute approximate surface area is 109 Å². The normalized spacial score (nSPS) is 11.3. The molecule has 2 rings (SSSR count). The van der Waals surface area contributed by atoms with Gasteiger partial charge in [0.15, 0.2) is 5.84 Å². The molecule has 0 amide bonds. The smallest absolute Gasteiger partial charge is 0.173 e. The fourth-order valence-corrected chi connectivity index (χ4v) is 1.63. The third-order valence-corrected chi connectivity index (χ3v) is 2.53. The van der Waals surface area contributed by atoms with Gasteiger partial charge in [-0.25, -0.2) is 0 Å². The van der Waals surface area contributed by atoms with Crippen molar-refractivity contribution in [2.45, 2.75) is 0 Å². The predicted octanol–water partition coefficient (Wildman–Crippen LogP) is 3.23. The Kier molecular flexibility index (Phi) is 3.69. The summed E-state index contributed by atoms with van der Waals surface area (Å²) in [6.45, 7) is 0. The van der Waals surface area contributed by atoms with Crippen molar-refractivity contribution in [2.75, 3.05) is 0 Å². The molecule has 0 aliphatic carbocycles. The summed E-state index contributed by atoms with van der Waals surface area (Å²) in [6.07, 6.45) is 0. The molecule has 5 heteroatoms. The third kappa shape index (κ3) is 2.73. The molecule has 0 aliphatic rings. The number of para-hydroxylation sites is 1. The molecule has 0 bridgehead atoms. The standard InChI is InChI=1S/C13H11ClN2O2/c14-9-6-7-12(11(8-9)13(15)16-17)18-10-4-2-1-3-5-10/h1-8,17H,(H2,15,16). The van der Waals surface area contributed by atoms with Gasteiger partial charge in [0.25, 0.3) is 0 Å². The van der Waals surface area contributed by atoms with E-state index in [2.05, 4.69) is 5.16 Å². The lowest BCUT2D eigenvalue weighted by molar-refractivity contribution is 0.318. The quantitative estimate of drug-likeness (QED) is 0.386. The van der Waals surface area contributed by atoms with Gasteiger partial charge in [-0.2, -0.15) is 0 Å². The molecular formula is C13H11ClN2O2. The van der Waals surface area contributed by atoms with Crippen LogP contribution in [0.15, 0.2) is 53.7 Å². The lowest BCUT2D eigenvalue weighted by atomic mass is 10.2. The first kappa shape index (κ1) is 12.3. The van der Waals surface area contributed by atoms with E-state index in [1.54, 1.807) is 18.2 Å². The summed E-state index contributed by atoms with van der Waals surface area (Å²) < 4.78 is 5.66. The molecule has 0 atom stereocenters. The Morgan fingerprint density at radius 1 is 1.17 bits per heavy atom. The Morgan fingerprint density at radius 3 is 2.56 bits per heavy atom. The minimum Gasteiger partial charge on any atom is -0.457 e. The first-order valence-corrected chi connectivity index (χ1v) is 5.59. The van der Waals surface area contributed by atoms with E-state index in [4.69, 9.17) is 27.3 Å². The van der Waals surface area contributed by atoms with Gasteiger partial charge in [0.1, 0.15) is 11.5 Å². The molecule has 0 heterocycles. The van der Waals surface area contributed by atoms with Gasteiger partial charge in [-0.05, 0) is 30.3 Å². The number of hydrogen-bond donors (Lipinski definition) is 2. The van der Waals surface area contributed by atoms with Crippen LogP contribution >= 0.6 is 11.6 Å². The highest BCUT2D eigenvalue weighted by Gasteiger charge is 2.10. The zero-order valence-electron chi connectivity index (χ0n) is 9.38. The zero-order valence-corrected chi connectivity index (χ0v) is 10.1. The predicted molar refractivity (Wildman–Crippen MR) is 70.5 cm³/mol. The summed E-state index contributed by atoms with van der Waals surface area (Å²) in [5, 5.41) is 12.2. The maximum absolute atomic E-state index is 8.73. The minimum atomic E-state index is -0.0524. The van der Waals surface area contributed by atoms with E-state index in [0.717, 1.165) is 0 Å². The second-order valence-corrected chi connectivity index (χ2v) is 3.98. The molecule has 18 heavy (non-hydrogen) atoms. The molecule has 4 nitrogen and oxygen atoms in total. The van der Waals surface area contributed by atoms with Crippen molar-refractivity contribution in [2.24, 2.45) is 10.9 Å². The second kappa shape index (κ2) is 5.42. The van der Waals surface area contributed by atoms with E-state index in [1.807, 2.05) is 30.3 Å². The van der Waals surface area contributed by atoms with Gasteiger partial charge < -0.3 is 15.7 Å². The van der Waals surface area contributed by atoms with Crippen molar-refractivity contribution in [1.29, 1.82) is 0 Å². The molecule has 0 fully saturated rings. The summed E-state index contributed by atoms with van der Waals surface area (Å²) in [5.74, 6) is 1.08. The fraction of sp³-hybridized carbons (Fsp3) is 0. The molecule has 2 aromatic rings. The number of nitrogens with zero attached hydrogens (tertiary/aromatic N) is 1. The third-order valence-electron chi connectivity index (χ3n) is 2.30. The molecule has 3 N–H and O–H groups in total. The lowest BCUT2D eigenvalue weighted by Crippen LogP contribution is -2.14. The zero-order chi connectivity index (χ0) is 13.0. The van der Waals surface area contributed by atoms with Crippen LogP contribution in [0.25, 0.3) is 0 Å². The van der Waals surface area contributed by atoms with Gasteiger partial charge in [-0.1, -0.05) is 35.0 Å². The second-order valence-electron chi connectivity index (χ2n) is 3.54. The lowest BCUT2D eigenvalue weighted by Gasteiger charge is -2.10. The van der Waals surface area contributed by atoms with Gasteiger partial charge in [0.2, 0.25) is 0 Å². The average Bonchev–Trinajstić information content (AvgIpc) is 2.41. The summed E-state index contributed by atoms with van der Waals surface area (Å²) in [6, 6.07) is 14.1. The van der Waals surface area contributed by atoms with Crippen molar-refractivity contribution in [3.05, 3.63) is 59.1 Å². The number of nitrogens with two attached hydrogens (primary N) is 1. The largest absolute Gasteiger partial charge is 0.457 e. The molecule has 0 aromatic heterocycles. The molecular weight excluding hydrogens is 252 g/mol. The Balaban J connectivity index is 2.39. The van der Waals surface area contributed by atoms with Gasteiger partial charge in [0.05, 0.1) is 5.56 Å². The van der Waals surface area contributed by atoms with E-state index >= 15 is 0 Å². The first-order chi connectivity index (χ1) is 8.70. The van der Waals surface area contributed by atoms with Crippen molar-refractivity contribution in [3.8, 4) is 11.5 Å². The van der Waals surface area contributed by atoms with Crippen LogP contribution in [0.3, 0.4) is 0 Å². The molecule has 0 spiro atoms. The van der Waals surface area contributed by atoms with Gasteiger partial charge in [0, 0.05) is 5.02 Å². The summed E-state index contributed by atoms with van der Waals surface area (Å²) in [4.78, 5) is 0. The molecule has 0 saturated heterocycles. The van der Waals surface area contributed by atoms with Crippen LogP contribution in [0.2, 0.25) is 5.02 Å². The van der Waals surface area contributed by atoms with Crippen molar-refractivity contribution in [1.82, 2.24) is 0 Å². The fourth-order valence-electron chi connectivity index (χ4n) is 1.46. The maximum Gasteiger partial charge on any atom is 0.173 e. The van der Waals surface area contributed by atoms with Crippen LogP contribution in [0.1, 0.15) is 5.56 Å². The Hall–Kier alpha value is -2.20. The SMILES string of the molecule is NC(=NO)c1cc(Cl)ccc1Oc1ccccc1. The average molecular weight is 263 g/mol. The highest BCUT2D eigenvalue weighted by molar-refractivity contribution is 6.31. The van der Waals surface area contributed by atoms with E-state index in [-0.39, 0.29) is 5.84 Å². The van der Waals surface area contributed by atoms with Crippen LogP contribution in [0, 0.1) is 0 Å². The van der Waals surface area contributed by atoms with Crippen LogP contribution in [-0.4, -0.2) is 11.0 Å². The number of ether oxygens (including phenoxy) is 1. The van der Waals surface area contributed by atoms with Crippen LogP contribution in [0.5, 0.6) is 11.5 Å². The molecule has 0 unspecified atom stereocenters. The molecule has 2 aromatic carbocycles. The van der Waals surface area contributed by atoms with Crippen LogP contribution in [-0.2, 0) is 0 Å². The molecule has 0 radical (unpaired) electrons. The Bertz CT molecular complexity index is 570. The number of halogens is 1. The number of rotatable bonds is 3. The van der Waals surface area contributed by atoms with Crippen molar-refractivity contribution >= 4 is 17.4 Å². The molecule has 0 aliphatic heterocycles. The first-order valence-electron chi connectivity index (χ1n) is 5.21. The van der Waals surface area contributed by atoms with E-state index in [1.165, 1.54) is 0 Å². The van der Waals surface area contributed by atoms with Crippen molar-refractivity contribution in [3.63, 3.8) is 0 Å². The molecule has 92 valence electrons. The van der Waals surface area contributed by atoms with Gasteiger partial charge in [-0.3, -0.25) is 0 Å². The summed E-state index contributed by atoms with van der Waals surface area (Å²) in [5.41, 5.74) is 6.02. The number of amidine groups is 1. The number of benzene rings is 2. The minimum absolute atomic E-state index is 0.0524. The van der Waals surface area contributed by atoms with Crippen LogP contribution < -0.4 is 10.5 Å². The van der Waals surface area contributed by atoms with Crippen molar-refractivity contribution < 1.29 is 9.94 Å². The number of hydrogen-bond acceptors (Lipinski definition) is 3. The van der Waals surface area contributed by atoms with Gasteiger partial charge >= 0.3 is 0 Å². The Morgan fingerprint density at radius 2 is 1.89 bits per heavy atom. The highest BCUT2D eigenvalue weighted by atomic mass is 35.5. The molecule has 0 saturated carbocycles. The van der Waals surface area contributed by atoms with E-state index in [9.17, 15) is 0 Å². The highest BCUT2D eigenvalue weighted by Crippen LogP contribution is 2.27. The van der Waals surface area contributed by atoms with Crippen LogP contribution in [0.4, 0.5) is 0 Å². The van der Waals surface area contributed by atoms with E-state index < -0.39 is 0 Å². The monoisotopic (exact) mass is 262 g/mol. The maximum atomic E-state index is 8.73. The number of oxime groups is 1. The van der Waals surface area contributed by atoms with E-state index in [0.29, 0.717) is 22.1 Å². The topological polar surface area (TPSA) is 67.8 Å². The summed E-state index contributed by atoms with van der Waals surface area (Å²) in [7, 11) is 0. The summed E-state index contributed by atoms with van der Waals surface area (Å²) >= 11 is 5.87.